The standard InChI is InChI=1S/C26H35N7O3S/c1-5-8-19(7-3)32-16-18(14-29-32)20-15-30-33-23(27)22(37(4,35)36)21(31-24(20)33)17-9-12-26(11-6-2,13-10-17)25(28)34/h5,7-8,14-17H,6,9-13,27H2,1-4H3,(H2,28,34)/b8-5-,19-7+. The van der Waals surface area contributed by atoms with Gasteiger partial charge in [0, 0.05) is 34.9 Å². The normalized spacial score (nSPS) is 21.2. The minimum Gasteiger partial charge on any atom is -0.382 e. The zero-order valence-corrected chi connectivity index (χ0v) is 22.6. The van der Waals surface area contributed by atoms with Gasteiger partial charge in [-0.15, -0.1) is 0 Å². The van der Waals surface area contributed by atoms with Crippen LogP contribution >= 0.6 is 0 Å². The van der Waals surface area contributed by atoms with Gasteiger partial charge in [0.05, 0.1) is 23.8 Å². The molecule has 0 saturated heterocycles. The molecule has 37 heavy (non-hydrogen) atoms. The summed E-state index contributed by atoms with van der Waals surface area (Å²) < 4.78 is 28.9. The first-order valence-electron chi connectivity index (χ1n) is 12.6. The van der Waals surface area contributed by atoms with Crippen molar-refractivity contribution in [3.8, 4) is 11.1 Å². The third-order valence-corrected chi connectivity index (χ3v) is 8.57. The van der Waals surface area contributed by atoms with Crippen molar-refractivity contribution in [1.82, 2.24) is 24.4 Å². The third kappa shape index (κ3) is 4.79. The fourth-order valence-corrected chi connectivity index (χ4v) is 6.56. The van der Waals surface area contributed by atoms with Crippen LogP contribution < -0.4 is 11.5 Å². The molecule has 1 aliphatic rings. The maximum atomic E-state index is 12.9. The van der Waals surface area contributed by atoms with Crippen LogP contribution in [0.15, 0.2) is 41.7 Å². The van der Waals surface area contributed by atoms with Gasteiger partial charge in [-0.2, -0.15) is 14.7 Å². The Hall–Kier alpha value is -3.47. The van der Waals surface area contributed by atoms with Crippen LogP contribution in [-0.4, -0.2) is 45.0 Å². The van der Waals surface area contributed by atoms with Gasteiger partial charge in [-0.3, -0.25) is 4.79 Å². The molecular formula is C26H35N7O3S. The predicted octanol–water partition coefficient (Wildman–Crippen LogP) is 3.94. The third-order valence-electron chi connectivity index (χ3n) is 7.41. The fraction of sp³-hybridized carbons (Fsp3) is 0.462. The Bertz CT molecular complexity index is 1490. The van der Waals surface area contributed by atoms with Crippen molar-refractivity contribution in [2.45, 2.75) is 70.1 Å². The van der Waals surface area contributed by atoms with E-state index in [1.165, 1.54) is 4.52 Å². The zero-order chi connectivity index (χ0) is 27.0. The van der Waals surface area contributed by atoms with Crippen LogP contribution in [0.4, 0.5) is 5.82 Å². The summed E-state index contributed by atoms with van der Waals surface area (Å²) in [5.41, 5.74) is 15.0. The number of carbonyl (C=O) groups is 1. The molecule has 0 atom stereocenters. The monoisotopic (exact) mass is 525 g/mol. The molecule has 1 saturated carbocycles. The number of aromatic nitrogens is 5. The Labute approximate surface area is 217 Å². The average molecular weight is 526 g/mol. The molecule has 1 aliphatic carbocycles. The van der Waals surface area contributed by atoms with Crippen molar-refractivity contribution in [2.75, 3.05) is 12.0 Å². The Kier molecular flexibility index (Phi) is 7.27. The lowest BCUT2D eigenvalue weighted by atomic mass is 9.67. The highest BCUT2D eigenvalue weighted by Gasteiger charge is 2.41. The number of amides is 1. The molecular weight excluding hydrogens is 490 g/mol. The molecule has 10 nitrogen and oxygen atoms in total. The first-order valence-corrected chi connectivity index (χ1v) is 14.5. The summed E-state index contributed by atoms with van der Waals surface area (Å²) in [6.45, 7) is 5.91. The van der Waals surface area contributed by atoms with Crippen LogP contribution in [0, 0.1) is 5.41 Å². The second-order valence-corrected chi connectivity index (χ2v) is 11.8. The summed E-state index contributed by atoms with van der Waals surface area (Å²) in [6, 6.07) is 0. The van der Waals surface area contributed by atoms with Crippen molar-refractivity contribution in [1.29, 1.82) is 0 Å². The first-order chi connectivity index (χ1) is 17.6. The fourth-order valence-electron chi connectivity index (χ4n) is 5.50. The molecule has 1 amide bonds. The lowest BCUT2D eigenvalue weighted by Crippen LogP contribution is -2.40. The molecule has 3 heterocycles. The number of nitrogen functional groups attached to an aromatic ring is 1. The number of fused-ring (bicyclic) bond motifs is 1. The number of allylic oxidation sites excluding steroid dienone is 4. The molecule has 198 valence electrons. The maximum absolute atomic E-state index is 12.9. The summed E-state index contributed by atoms with van der Waals surface area (Å²) in [5, 5.41) is 8.85. The number of hydrogen-bond acceptors (Lipinski definition) is 7. The molecule has 1 fully saturated rings. The second kappa shape index (κ2) is 10.1. The number of hydrogen-bond donors (Lipinski definition) is 2. The van der Waals surface area contributed by atoms with Crippen molar-refractivity contribution in [3.63, 3.8) is 0 Å². The van der Waals surface area contributed by atoms with Gasteiger partial charge in [0.25, 0.3) is 0 Å². The van der Waals surface area contributed by atoms with E-state index in [2.05, 4.69) is 10.2 Å². The molecule has 0 unspecified atom stereocenters. The van der Waals surface area contributed by atoms with E-state index in [9.17, 15) is 13.2 Å². The van der Waals surface area contributed by atoms with Crippen molar-refractivity contribution < 1.29 is 13.2 Å². The van der Waals surface area contributed by atoms with Crippen LogP contribution in [-0.2, 0) is 14.6 Å². The van der Waals surface area contributed by atoms with E-state index in [1.807, 2.05) is 45.2 Å². The van der Waals surface area contributed by atoms with Gasteiger partial charge in [-0.25, -0.2) is 18.1 Å². The number of anilines is 1. The molecule has 3 aromatic rings. The van der Waals surface area contributed by atoms with Gasteiger partial charge < -0.3 is 11.5 Å². The zero-order valence-electron chi connectivity index (χ0n) is 21.8. The predicted molar refractivity (Wildman–Crippen MR) is 144 cm³/mol. The van der Waals surface area contributed by atoms with Crippen LogP contribution in [0.2, 0.25) is 0 Å². The van der Waals surface area contributed by atoms with E-state index in [0.29, 0.717) is 42.6 Å². The topological polar surface area (TPSA) is 151 Å². The van der Waals surface area contributed by atoms with Crippen LogP contribution in [0.3, 0.4) is 0 Å². The summed E-state index contributed by atoms with van der Waals surface area (Å²) in [6.07, 6.45) is 16.2. The van der Waals surface area contributed by atoms with E-state index in [0.717, 1.165) is 30.4 Å². The molecule has 3 aromatic heterocycles. The van der Waals surface area contributed by atoms with Crippen molar-refractivity contribution in [3.05, 3.63) is 42.5 Å². The molecule has 4 N–H and O–H groups in total. The highest BCUT2D eigenvalue weighted by atomic mass is 32.2. The number of nitrogens with two attached hydrogens (primary N) is 2. The van der Waals surface area contributed by atoms with Gasteiger partial charge >= 0.3 is 0 Å². The molecule has 0 aliphatic heterocycles. The van der Waals surface area contributed by atoms with Gasteiger partial charge in [0.2, 0.25) is 5.91 Å². The lowest BCUT2D eigenvalue weighted by molar-refractivity contribution is -0.130. The van der Waals surface area contributed by atoms with Crippen LogP contribution in [0.5, 0.6) is 0 Å². The Morgan fingerprint density at radius 2 is 1.92 bits per heavy atom. The maximum Gasteiger partial charge on any atom is 0.223 e. The van der Waals surface area contributed by atoms with Gasteiger partial charge in [0.15, 0.2) is 15.5 Å². The number of sulfone groups is 1. The number of carbonyl (C=O) groups excluding carboxylic acids is 1. The molecule has 11 heteroatoms. The van der Waals surface area contributed by atoms with E-state index in [-0.39, 0.29) is 22.5 Å². The smallest absolute Gasteiger partial charge is 0.223 e. The molecule has 0 radical (unpaired) electrons. The lowest BCUT2D eigenvalue weighted by Gasteiger charge is -2.38. The Morgan fingerprint density at radius 3 is 2.49 bits per heavy atom. The van der Waals surface area contributed by atoms with E-state index >= 15 is 0 Å². The van der Waals surface area contributed by atoms with Crippen LogP contribution in [0.1, 0.15) is 70.9 Å². The van der Waals surface area contributed by atoms with Crippen LogP contribution in [0.25, 0.3) is 22.5 Å². The summed E-state index contributed by atoms with van der Waals surface area (Å²) in [7, 11) is -3.70. The summed E-state index contributed by atoms with van der Waals surface area (Å²) in [5.74, 6) is -0.423. The van der Waals surface area contributed by atoms with Crippen molar-refractivity contribution >= 4 is 32.9 Å². The van der Waals surface area contributed by atoms with Gasteiger partial charge in [0.1, 0.15) is 10.7 Å². The minimum absolute atomic E-state index is 0.00157. The summed E-state index contributed by atoms with van der Waals surface area (Å²) in [4.78, 5) is 17.2. The van der Waals surface area contributed by atoms with Gasteiger partial charge in [-0.05, 0) is 52.0 Å². The Morgan fingerprint density at radius 1 is 1.22 bits per heavy atom. The first kappa shape index (κ1) is 26.6. The van der Waals surface area contributed by atoms with Gasteiger partial charge in [-0.1, -0.05) is 25.5 Å². The number of primary amides is 1. The molecule has 0 aromatic carbocycles. The second-order valence-electron chi connectivity index (χ2n) is 9.83. The minimum atomic E-state index is -3.70. The van der Waals surface area contributed by atoms with E-state index in [4.69, 9.17) is 16.5 Å². The molecule has 0 spiro atoms. The quantitative estimate of drug-likeness (QED) is 0.423. The molecule has 4 rings (SSSR count). The van der Waals surface area contributed by atoms with E-state index < -0.39 is 15.3 Å². The SMILES string of the molecule is C/C=C\C(=C/C)n1cc(-c2cnn3c(N)c(S(C)(=O)=O)c(C4CCC(CCC)(C(N)=O)CC4)nc23)cn1. The highest BCUT2D eigenvalue weighted by molar-refractivity contribution is 7.91. The number of rotatable bonds is 8. The average Bonchev–Trinajstić information content (AvgIpc) is 3.49. The van der Waals surface area contributed by atoms with Crippen molar-refractivity contribution in [2.24, 2.45) is 11.1 Å². The molecule has 0 bridgehead atoms. The highest BCUT2D eigenvalue weighted by Crippen LogP contribution is 2.47. The Balaban J connectivity index is 1.82. The number of nitrogens with zero attached hydrogens (tertiary/aromatic N) is 5. The summed E-state index contributed by atoms with van der Waals surface area (Å²) >= 11 is 0. The van der Waals surface area contributed by atoms with E-state index in [1.54, 1.807) is 17.1 Å². The largest absolute Gasteiger partial charge is 0.382 e.